The largest absolute Gasteiger partial charge is 0.466 e. The van der Waals surface area contributed by atoms with Crippen LogP contribution in [0.3, 0.4) is 0 Å². The molecule has 0 aliphatic heterocycles. The maximum Gasteiger partial charge on any atom is 0.302 e. The lowest BCUT2D eigenvalue weighted by Crippen LogP contribution is -1.99. The topological polar surface area (TPSA) is 26.3 Å². The lowest BCUT2D eigenvalue weighted by atomic mass is 10.1. The standard InChI is InChI=1S/C12H22O2/c1-11(2)9-7-5-4-6-8-10-14-12(3)13/h5,7,11H,4,6,8-10H2,1-3H3/b7-5-. The van der Waals surface area contributed by atoms with E-state index in [1.807, 2.05) is 0 Å². The van der Waals surface area contributed by atoms with Crippen LogP contribution in [-0.2, 0) is 9.53 Å². The van der Waals surface area contributed by atoms with Crippen LogP contribution in [0.2, 0.25) is 0 Å². The Labute approximate surface area is 87.3 Å². The minimum absolute atomic E-state index is 0.180. The lowest BCUT2D eigenvalue weighted by molar-refractivity contribution is -0.141. The number of allylic oxidation sites excluding steroid dienone is 2. The van der Waals surface area contributed by atoms with E-state index in [9.17, 15) is 4.79 Å². The number of carbonyl (C=O) groups is 1. The molecule has 0 unspecified atom stereocenters. The molecule has 0 atom stereocenters. The minimum atomic E-state index is -0.180. The normalized spacial score (nSPS) is 11.1. The zero-order valence-electron chi connectivity index (χ0n) is 9.58. The van der Waals surface area contributed by atoms with E-state index in [1.165, 1.54) is 6.92 Å². The van der Waals surface area contributed by atoms with Crippen LogP contribution in [0.5, 0.6) is 0 Å². The van der Waals surface area contributed by atoms with Crippen molar-refractivity contribution in [2.45, 2.75) is 46.5 Å². The highest BCUT2D eigenvalue weighted by atomic mass is 16.5. The molecule has 0 fully saturated rings. The van der Waals surface area contributed by atoms with Crippen LogP contribution in [0, 0.1) is 5.92 Å². The maximum absolute atomic E-state index is 10.4. The molecule has 0 aromatic heterocycles. The van der Waals surface area contributed by atoms with Gasteiger partial charge >= 0.3 is 5.97 Å². The first-order valence-electron chi connectivity index (χ1n) is 5.41. The van der Waals surface area contributed by atoms with Crippen LogP contribution in [0.15, 0.2) is 12.2 Å². The van der Waals surface area contributed by atoms with Crippen molar-refractivity contribution in [2.75, 3.05) is 6.61 Å². The Balaban J connectivity index is 3.13. The number of ether oxygens (including phenoxy) is 1. The Morgan fingerprint density at radius 3 is 2.57 bits per heavy atom. The molecule has 0 saturated carbocycles. The van der Waals surface area contributed by atoms with Gasteiger partial charge in [-0.15, -0.1) is 0 Å². The van der Waals surface area contributed by atoms with Crippen molar-refractivity contribution in [1.82, 2.24) is 0 Å². The van der Waals surface area contributed by atoms with Gasteiger partial charge in [-0.1, -0.05) is 26.0 Å². The van der Waals surface area contributed by atoms with Crippen molar-refractivity contribution in [3.05, 3.63) is 12.2 Å². The third kappa shape index (κ3) is 11.2. The monoisotopic (exact) mass is 198 g/mol. The van der Waals surface area contributed by atoms with Crippen molar-refractivity contribution >= 4 is 5.97 Å². The molecule has 0 rings (SSSR count). The smallest absolute Gasteiger partial charge is 0.302 e. The summed E-state index contributed by atoms with van der Waals surface area (Å²) in [7, 11) is 0. The first kappa shape index (κ1) is 13.2. The summed E-state index contributed by atoms with van der Waals surface area (Å²) in [6, 6.07) is 0. The van der Waals surface area contributed by atoms with Gasteiger partial charge < -0.3 is 4.74 Å². The zero-order chi connectivity index (χ0) is 10.8. The van der Waals surface area contributed by atoms with Gasteiger partial charge in [0.1, 0.15) is 0 Å². The molecule has 0 aliphatic rings. The third-order valence-electron chi connectivity index (χ3n) is 1.84. The van der Waals surface area contributed by atoms with Crippen LogP contribution >= 0.6 is 0 Å². The minimum Gasteiger partial charge on any atom is -0.466 e. The molecule has 82 valence electrons. The van der Waals surface area contributed by atoms with Crippen LogP contribution in [-0.4, -0.2) is 12.6 Å². The van der Waals surface area contributed by atoms with E-state index in [0.717, 1.165) is 31.6 Å². The van der Waals surface area contributed by atoms with Crippen molar-refractivity contribution in [2.24, 2.45) is 5.92 Å². The molecule has 0 heterocycles. The molecule has 0 aromatic carbocycles. The summed E-state index contributed by atoms with van der Waals surface area (Å²) in [4.78, 5) is 10.4. The van der Waals surface area contributed by atoms with E-state index < -0.39 is 0 Å². The van der Waals surface area contributed by atoms with Gasteiger partial charge in [-0.2, -0.15) is 0 Å². The predicted molar refractivity (Wildman–Crippen MR) is 59.1 cm³/mol. The average molecular weight is 198 g/mol. The zero-order valence-corrected chi connectivity index (χ0v) is 9.58. The average Bonchev–Trinajstić information content (AvgIpc) is 2.08. The Hall–Kier alpha value is -0.790. The van der Waals surface area contributed by atoms with Crippen LogP contribution in [0.4, 0.5) is 0 Å². The predicted octanol–water partition coefficient (Wildman–Crippen LogP) is 3.32. The molecule has 14 heavy (non-hydrogen) atoms. The Morgan fingerprint density at radius 1 is 1.29 bits per heavy atom. The molecule has 0 aromatic rings. The molecule has 0 aliphatic carbocycles. The van der Waals surface area contributed by atoms with Gasteiger partial charge in [0.2, 0.25) is 0 Å². The van der Waals surface area contributed by atoms with Gasteiger partial charge in [0.15, 0.2) is 0 Å². The van der Waals surface area contributed by atoms with Gasteiger partial charge in [0, 0.05) is 6.92 Å². The van der Waals surface area contributed by atoms with E-state index in [4.69, 9.17) is 4.74 Å². The number of esters is 1. The molecule has 0 amide bonds. The summed E-state index contributed by atoms with van der Waals surface area (Å²) >= 11 is 0. The summed E-state index contributed by atoms with van der Waals surface area (Å²) in [6.07, 6.45) is 8.76. The first-order chi connectivity index (χ1) is 6.63. The quantitative estimate of drug-likeness (QED) is 0.356. The number of hydrogen-bond acceptors (Lipinski definition) is 2. The van der Waals surface area contributed by atoms with E-state index in [0.29, 0.717) is 6.61 Å². The highest BCUT2D eigenvalue weighted by Gasteiger charge is 1.91. The molecular formula is C12H22O2. The molecule has 0 saturated heterocycles. The second-order valence-corrected chi connectivity index (χ2v) is 3.94. The van der Waals surface area contributed by atoms with Gasteiger partial charge in [0.05, 0.1) is 6.61 Å². The molecular weight excluding hydrogens is 176 g/mol. The summed E-state index contributed by atoms with van der Waals surface area (Å²) in [6.45, 7) is 6.44. The van der Waals surface area contributed by atoms with Crippen LogP contribution in [0.1, 0.15) is 46.5 Å². The highest BCUT2D eigenvalue weighted by Crippen LogP contribution is 2.03. The molecule has 0 radical (unpaired) electrons. The van der Waals surface area contributed by atoms with E-state index >= 15 is 0 Å². The van der Waals surface area contributed by atoms with Crippen LogP contribution < -0.4 is 0 Å². The summed E-state index contributed by atoms with van der Waals surface area (Å²) in [5, 5.41) is 0. The third-order valence-corrected chi connectivity index (χ3v) is 1.84. The molecule has 2 heteroatoms. The second-order valence-electron chi connectivity index (χ2n) is 3.94. The SMILES string of the molecule is CC(=O)OCCCC/C=C\CC(C)C. The van der Waals surface area contributed by atoms with Gasteiger partial charge in [0.25, 0.3) is 0 Å². The lowest BCUT2D eigenvalue weighted by Gasteiger charge is -2.00. The molecule has 0 bridgehead atoms. The number of carbonyl (C=O) groups excluding carboxylic acids is 1. The number of hydrogen-bond donors (Lipinski definition) is 0. The maximum atomic E-state index is 10.4. The van der Waals surface area contributed by atoms with Gasteiger partial charge in [-0.25, -0.2) is 0 Å². The summed E-state index contributed by atoms with van der Waals surface area (Å²) < 4.78 is 4.82. The fraction of sp³-hybridized carbons (Fsp3) is 0.750. The molecule has 0 spiro atoms. The van der Waals surface area contributed by atoms with Crippen molar-refractivity contribution in [3.63, 3.8) is 0 Å². The van der Waals surface area contributed by atoms with E-state index in [1.54, 1.807) is 0 Å². The fourth-order valence-corrected chi connectivity index (χ4v) is 1.07. The molecule has 0 N–H and O–H groups in total. The second kappa shape index (κ2) is 8.79. The Kier molecular flexibility index (Phi) is 8.30. The first-order valence-corrected chi connectivity index (χ1v) is 5.41. The Bertz CT molecular complexity index is 171. The van der Waals surface area contributed by atoms with E-state index in [-0.39, 0.29) is 5.97 Å². The van der Waals surface area contributed by atoms with Crippen molar-refractivity contribution in [1.29, 1.82) is 0 Å². The molecule has 2 nitrogen and oxygen atoms in total. The van der Waals surface area contributed by atoms with Crippen molar-refractivity contribution in [3.8, 4) is 0 Å². The Morgan fingerprint density at radius 2 is 2.00 bits per heavy atom. The summed E-state index contributed by atoms with van der Waals surface area (Å²) in [5.74, 6) is 0.563. The number of unbranched alkanes of at least 4 members (excludes halogenated alkanes) is 2. The summed E-state index contributed by atoms with van der Waals surface area (Å²) in [5.41, 5.74) is 0. The number of rotatable bonds is 7. The fourth-order valence-electron chi connectivity index (χ4n) is 1.07. The van der Waals surface area contributed by atoms with Gasteiger partial charge in [-0.05, 0) is 31.6 Å². The van der Waals surface area contributed by atoms with Crippen molar-refractivity contribution < 1.29 is 9.53 Å². The van der Waals surface area contributed by atoms with E-state index in [2.05, 4.69) is 26.0 Å². The van der Waals surface area contributed by atoms with Crippen LogP contribution in [0.25, 0.3) is 0 Å². The van der Waals surface area contributed by atoms with Gasteiger partial charge in [-0.3, -0.25) is 4.79 Å². The highest BCUT2D eigenvalue weighted by molar-refractivity contribution is 5.65.